The van der Waals surface area contributed by atoms with Gasteiger partial charge in [-0.3, -0.25) is 4.79 Å². The molecule has 1 aromatic rings. The second kappa shape index (κ2) is 4.45. The molecule has 2 nitrogen and oxygen atoms in total. The summed E-state index contributed by atoms with van der Waals surface area (Å²) < 4.78 is 0.125. The van der Waals surface area contributed by atoms with E-state index >= 15 is 0 Å². The van der Waals surface area contributed by atoms with Gasteiger partial charge in [-0.25, -0.2) is 0 Å². The van der Waals surface area contributed by atoms with Gasteiger partial charge >= 0.3 is 0 Å². The van der Waals surface area contributed by atoms with Crippen LogP contribution in [0, 0.1) is 0 Å². The number of alkyl halides is 1. The minimum absolute atomic E-state index is 0.125. The van der Waals surface area contributed by atoms with Crippen LogP contribution < -0.4 is 4.90 Å². The number of amides is 1. The summed E-state index contributed by atoms with van der Waals surface area (Å²) in [7, 11) is 0. The molecule has 0 radical (unpaired) electrons. The van der Waals surface area contributed by atoms with Crippen molar-refractivity contribution in [1.82, 2.24) is 0 Å². The van der Waals surface area contributed by atoms with Gasteiger partial charge in [0.2, 0.25) is 5.91 Å². The van der Waals surface area contributed by atoms with E-state index < -0.39 is 0 Å². The lowest BCUT2D eigenvalue weighted by atomic mass is 10.00. The normalized spacial score (nSPS) is 14.9. The molecule has 0 fully saturated rings. The van der Waals surface area contributed by atoms with E-state index in [9.17, 15) is 4.79 Å². The summed E-state index contributed by atoms with van der Waals surface area (Å²) in [5, 5.41) is 0. The zero-order chi connectivity index (χ0) is 12.6. The number of hydrogen-bond acceptors (Lipinski definition) is 1. The zero-order valence-corrected chi connectivity index (χ0v) is 12.2. The number of rotatable bonds is 2. The molecule has 17 heavy (non-hydrogen) atoms. The minimum atomic E-state index is 0.125. The summed E-state index contributed by atoms with van der Waals surface area (Å²) in [5.41, 5.74) is 3.72. The summed E-state index contributed by atoms with van der Waals surface area (Å²) in [6, 6.07) is 6.45. The molecular formula is C14H18BrNO. The van der Waals surface area contributed by atoms with Crippen LogP contribution in [0.5, 0.6) is 0 Å². The van der Waals surface area contributed by atoms with E-state index in [2.05, 4.69) is 48.0 Å². The number of carbonyl (C=O) groups excluding carboxylic acids is 1. The molecule has 2 rings (SSSR count). The molecule has 1 aromatic carbocycles. The first-order valence-electron chi connectivity index (χ1n) is 5.96. The van der Waals surface area contributed by atoms with Crippen LogP contribution in [0.25, 0.3) is 0 Å². The lowest BCUT2D eigenvalue weighted by Gasteiger charge is -2.18. The summed E-state index contributed by atoms with van der Waals surface area (Å²) in [5.74, 6) is 0.136. The van der Waals surface area contributed by atoms with Crippen molar-refractivity contribution in [3.63, 3.8) is 0 Å². The van der Waals surface area contributed by atoms with Crippen molar-refractivity contribution in [2.45, 2.75) is 37.9 Å². The lowest BCUT2D eigenvalue weighted by Crippen LogP contribution is -2.25. The van der Waals surface area contributed by atoms with Gasteiger partial charge in [0.25, 0.3) is 0 Å². The number of benzene rings is 1. The molecule has 0 bridgehead atoms. The Kier molecular flexibility index (Phi) is 3.30. The Morgan fingerprint density at radius 3 is 2.76 bits per heavy atom. The van der Waals surface area contributed by atoms with Gasteiger partial charge in [-0.1, -0.05) is 28.1 Å². The van der Waals surface area contributed by atoms with Gasteiger partial charge in [-0.05, 0) is 43.9 Å². The minimum Gasteiger partial charge on any atom is -0.312 e. The largest absolute Gasteiger partial charge is 0.312 e. The Morgan fingerprint density at radius 2 is 2.18 bits per heavy atom. The Morgan fingerprint density at radius 1 is 1.47 bits per heavy atom. The van der Waals surface area contributed by atoms with E-state index in [0.29, 0.717) is 0 Å². The van der Waals surface area contributed by atoms with Crippen LogP contribution in [0.3, 0.4) is 0 Å². The van der Waals surface area contributed by atoms with Crippen molar-refractivity contribution >= 4 is 27.5 Å². The fraction of sp³-hybridized carbons (Fsp3) is 0.500. The second-order valence-corrected chi connectivity index (χ2v) is 7.43. The van der Waals surface area contributed by atoms with Crippen molar-refractivity contribution in [3.8, 4) is 0 Å². The Balaban J connectivity index is 2.25. The third kappa shape index (κ3) is 2.89. The van der Waals surface area contributed by atoms with E-state index in [1.165, 1.54) is 11.1 Å². The van der Waals surface area contributed by atoms with Gasteiger partial charge in [-0.15, -0.1) is 0 Å². The van der Waals surface area contributed by atoms with Gasteiger partial charge in [0.1, 0.15) is 0 Å². The molecule has 0 atom stereocenters. The molecule has 0 saturated heterocycles. The van der Waals surface area contributed by atoms with E-state index in [-0.39, 0.29) is 10.2 Å². The first-order valence-corrected chi connectivity index (χ1v) is 6.75. The standard InChI is InChI=1S/C14H18BrNO/c1-10(17)16-7-6-12-8-11(4-5-13(12)16)9-14(2,3)15/h4-5,8H,6-7,9H2,1-3H3. The highest BCUT2D eigenvalue weighted by molar-refractivity contribution is 9.10. The molecule has 0 saturated carbocycles. The topological polar surface area (TPSA) is 20.3 Å². The summed E-state index contributed by atoms with van der Waals surface area (Å²) in [4.78, 5) is 13.3. The van der Waals surface area contributed by atoms with Crippen LogP contribution in [-0.2, 0) is 17.6 Å². The third-order valence-electron chi connectivity index (χ3n) is 3.04. The van der Waals surface area contributed by atoms with Crippen LogP contribution in [0.2, 0.25) is 0 Å². The summed E-state index contributed by atoms with van der Waals surface area (Å²) in [6.45, 7) is 6.79. The highest BCUT2D eigenvalue weighted by atomic mass is 79.9. The average Bonchev–Trinajstić information content (AvgIpc) is 2.57. The Bertz CT molecular complexity index is 448. The van der Waals surface area contributed by atoms with Crippen molar-refractivity contribution in [1.29, 1.82) is 0 Å². The second-order valence-electron chi connectivity index (χ2n) is 5.28. The van der Waals surface area contributed by atoms with Crippen LogP contribution in [0.1, 0.15) is 31.9 Å². The van der Waals surface area contributed by atoms with E-state index in [0.717, 1.165) is 25.1 Å². The van der Waals surface area contributed by atoms with Crippen LogP contribution in [-0.4, -0.2) is 16.8 Å². The number of fused-ring (bicyclic) bond motifs is 1. The predicted molar refractivity (Wildman–Crippen MR) is 74.9 cm³/mol. The number of hydrogen-bond donors (Lipinski definition) is 0. The SMILES string of the molecule is CC(=O)N1CCc2cc(CC(C)(C)Br)ccc21. The zero-order valence-electron chi connectivity index (χ0n) is 10.6. The highest BCUT2D eigenvalue weighted by Gasteiger charge is 2.23. The number of anilines is 1. The molecule has 0 aliphatic carbocycles. The maximum atomic E-state index is 11.4. The molecule has 1 aliphatic rings. The molecule has 3 heteroatoms. The van der Waals surface area contributed by atoms with E-state index in [1.54, 1.807) is 6.92 Å². The maximum absolute atomic E-state index is 11.4. The number of halogens is 1. The Labute approximate surface area is 111 Å². The van der Waals surface area contributed by atoms with Gasteiger partial charge in [0, 0.05) is 23.5 Å². The highest BCUT2D eigenvalue weighted by Crippen LogP contribution is 2.31. The summed E-state index contributed by atoms with van der Waals surface area (Å²) in [6.07, 6.45) is 1.98. The average molecular weight is 296 g/mol. The molecule has 0 aromatic heterocycles. The number of carbonyl (C=O) groups is 1. The lowest BCUT2D eigenvalue weighted by molar-refractivity contribution is -0.116. The first-order chi connectivity index (χ1) is 7.87. The van der Waals surface area contributed by atoms with Crippen molar-refractivity contribution in [3.05, 3.63) is 29.3 Å². The number of nitrogens with zero attached hydrogens (tertiary/aromatic N) is 1. The molecule has 1 aliphatic heterocycles. The maximum Gasteiger partial charge on any atom is 0.223 e. The molecule has 1 amide bonds. The van der Waals surface area contributed by atoms with Gasteiger partial charge in [0.05, 0.1) is 0 Å². The van der Waals surface area contributed by atoms with Gasteiger partial charge in [-0.2, -0.15) is 0 Å². The van der Waals surface area contributed by atoms with E-state index in [4.69, 9.17) is 0 Å². The van der Waals surface area contributed by atoms with Crippen molar-refractivity contribution in [2.75, 3.05) is 11.4 Å². The van der Waals surface area contributed by atoms with Crippen LogP contribution in [0.4, 0.5) is 5.69 Å². The Hall–Kier alpha value is -0.830. The van der Waals surface area contributed by atoms with Gasteiger partial charge in [0.15, 0.2) is 0 Å². The molecule has 0 spiro atoms. The molecular weight excluding hydrogens is 278 g/mol. The molecule has 92 valence electrons. The van der Waals surface area contributed by atoms with Crippen LogP contribution >= 0.6 is 15.9 Å². The van der Waals surface area contributed by atoms with E-state index in [1.807, 2.05) is 4.90 Å². The van der Waals surface area contributed by atoms with Gasteiger partial charge < -0.3 is 4.90 Å². The van der Waals surface area contributed by atoms with Crippen molar-refractivity contribution < 1.29 is 4.79 Å². The smallest absolute Gasteiger partial charge is 0.223 e. The first kappa shape index (κ1) is 12.6. The summed E-state index contributed by atoms with van der Waals surface area (Å²) >= 11 is 3.67. The van der Waals surface area contributed by atoms with Crippen LogP contribution in [0.15, 0.2) is 18.2 Å². The predicted octanol–water partition coefficient (Wildman–Crippen LogP) is 3.31. The third-order valence-corrected chi connectivity index (χ3v) is 3.32. The fourth-order valence-corrected chi connectivity index (χ4v) is 2.70. The van der Waals surface area contributed by atoms with Crippen molar-refractivity contribution in [2.24, 2.45) is 0 Å². The molecule has 1 heterocycles. The molecule has 0 N–H and O–H groups in total. The fourth-order valence-electron chi connectivity index (χ4n) is 2.38. The molecule has 0 unspecified atom stereocenters. The quantitative estimate of drug-likeness (QED) is 0.767. The monoisotopic (exact) mass is 295 g/mol.